The van der Waals surface area contributed by atoms with Gasteiger partial charge < -0.3 is 9.97 Å². The quantitative estimate of drug-likeness (QED) is 0.684. The van der Waals surface area contributed by atoms with Crippen LogP contribution in [0.1, 0.15) is 30.5 Å². The van der Waals surface area contributed by atoms with Crippen LogP contribution in [0, 0.1) is 20.8 Å². The van der Waals surface area contributed by atoms with Crippen molar-refractivity contribution >= 4 is 11.0 Å². The van der Waals surface area contributed by atoms with Gasteiger partial charge in [0.25, 0.3) is 0 Å². The second-order valence-electron chi connectivity index (χ2n) is 3.46. The zero-order valence-electron chi connectivity index (χ0n) is 9.99. The van der Waals surface area contributed by atoms with Gasteiger partial charge in [0.15, 0.2) is 0 Å². The molecule has 0 unspecified atom stereocenters. The second kappa shape index (κ2) is 4.34. The molecular formula is C12H18N2O. The van der Waals surface area contributed by atoms with Gasteiger partial charge in [0.05, 0.1) is 11.0 Å². The maximum atomic E-state index is 11.1. The molecule has 0 aliphatic carbocycles. The van der Waals surface area contributed by atoms with E-state index >= 15 is 0 Å². The van der Waals surface area contributed by atoms with Gasteiger partial charge in [0, 0.05) is 0 Å². The molecule has 2 rings (SSSR count). The van der Waals surface area contributed by atoms with Gasteiger partial charge in [-0.2, -0.15) is 0 Å². The van der Waals surface area contributed by atoms with E-state index in [1.54, 1.807) is 0 Å². The molecule has 2 aromatic rings. The fraction of sp³-hybridized carbons (Fsp3) is 0.417. The maximum absolute atomic E-state index is 11.1. The highest BCUT2D eigenvalue weighted by atomic mass is 16.1. The summed E-state index contributed by atoms with van der Waals surface area (Å²) in [6.07, 6.45) is 0. The number of hydrogen-bond donors (Lipinski definition) is 2. The van der Waals surface area contributed by atoms with Crippen LogP contribution in [0.3, 0.4) is 0 Å². The topological polar surface area (TPSA) is 48.6 Å². The lowest BCUT2D eigenvalue weighted by molar-refractivity contribution is 1.21. The van der Waals surface area contributed by atoms with Gasteiger partial charge in [-0.3, -0.25) is 0 Å². The molecule has 0 aliphatic heterocycles. The zero-order chi connectivity index (χ0) is 11.6. The monoisotopic (exact) mass is 206 g/mol. The van der Waals surface area contributed by atoms with E-state index in [2.05, 4.69) is 16.0 Å². The number of rotatable bonds is 0. The first-order chi connectivity index (χ1) is 7.09. The molecule has 0 bridgehead atoms. The molecule has 3 heteroatoms. The predicted octanol–water partition coefficient (Wildman–Crippen LogP) is 2.81. The Labute approximate surface area is 89.5 Å². The summed E-state index contributed by atoms with van der Waals surface area (Å²) in [6.45, 7) is 10.1. The van der Waals surface area contributed by atoms with E-state index in [-0.39, 0.29) is 5.69 Å². The predicted molar refractivity (Wildman–Crippen MR) is 64.5 cm³/mol. The number of imidazole rings is 1. The van der Waals surface area contributed by atoms with Crippen LogP contribution in [0.4, 0.5) is 0 Å². The van der Waals surface area contributed by atoms with Crippen molar-refractivity contribution < 1.29 is 0 Å². The van der Waals surface area contributed by atoms with E-state index in [9.17, 15) is 4.79 Å². The highest BCUT2D eigenvalue weighted by Gasteiger charge is 2.06. The van der Waals surface area contributed by atoms with Crippen molar-refractivity contribution in [3.8, 4) is 0 Å². The van der Waals surface area contributed by atoms with E-state index < -0.39 is 0 Å². The maximum Gasteiger partial charge on any atom is 0.323 e. The Morgan fingerprint density at radius 1 is 0.933 bits per heavy atom. The molecule has 15 heavy (non-hydrogen) atoms. The van der Waals surface area contributed by atoms with Crippen LogP contribution in [0.2, 0.25) is 0 Å². The SMILES string of the molecule is CC.Cc1cc(C)c2[nH]c(=O)[nH]c2c1C. The second-order valence-corrected chi connectivity index (χ2v) is 3.46. The minimum absolute atomic E-state index is 0.133. The first-order valence-corrected chi connectivity index (χ1v) is 5.28. The number of H-pyrrole nitrogens is 2. The number of nitrogens with one attached hydrogen (secondary N) is 2. The Bertz CT molecular complexity index is 520. The van der Waals surface area contributed by atoms with Crippen LogP contribution in [-0.2, 0) is 0 Å². The summed E-state index contributed by atoms with van der Waals surface area (Å²) in [4.78, 5) is 16.7. The molecule has 0 fully saturated rings. The highest BCUT2D eigenvalue weighted by Crippen LogP contribution is 2.20. The Morgan fingerprint density at radius 2 is 1.47 bits per heavy atom. The Hall–Kier alpha value is -1.51. The van der Waals surface area contributed by atoms with Crippen molar-refractivity contribution in [3.63, 3.8) is 0 Å². The summed E-state index contributed by atoms with van der Waals surface area (Å²) in [5, 5.41) is 0. The van der Waals surface area contributed by atoms with Crippen molar-refractivity contribution in [1.82, 2.24) is 9.97 Å². The number of aromatic nitrogens is 2. The van der Waals surface area contributed by atoms with Crippen molar-refractivity contribution in [3.05, 3.63) is 33.2 Å². The minimum atomic E-state index is -0.133. The third kappa shape index (κ3) is 1.96. The smallest absolute Gasteiger partial charge is 0.305 e. The number of benzene rings is 1. The first-order valence-electron chi connectivity index (χ1n) is 5.28. The molecule has 0 saturated heterocycles. The normalized spacial score (nSPS) is 9.93. The first kappa shape index (κ1) is 11.6. The molecule has 3 nitrogen and oxygen atoms in total. The van der Waals surface area contributed by atoms with Crippen molar-refractivity contribution in [2.24, 2.45) is 0 Å². The fourth-order valence-electron chi connectivity index (χ4n) is 1.66. The van der Waals surface area contributed by atoms with Crippen molar-refractivity contribution in [1.29, 1.82) is 0 Å². The largest absolute Gasteiger partial charge is 0.323 e. The van der Waals surface area contributed by atoms with E-state index in [0.29, 0.717) is 0 Å². The lowest BCUT2D eigenvalue weighted by Crippen LogP contribution is -1.99. The third-order valence-electron chi connectivity index (χ3n) is 2.52. The summed E-state index contributed by atoms with van der Waals surface area (Å²) >= 11 is 0. The lowest BCUT2D eigenvalue weighted by atomic mass is 10.0. The average molecular weight is 206 g/mol. The Balaban J connectivity index is 0.000000531. The molecule has 1 aromatic carbocycles. The molecule has 0 amide bonds. The number of hydrogen-bond acceptors (Lipinski definition) is 1. The molecule has 2 N–H and O–H groups in total. The van der Waals surface area contributed by atoms with Gasteiger partial charge in [-0.25, -0.2) is 4.79 Å². The van der Waals surface area contributed by atoms with E-state index in [4.69, 9.17) is 0 Å². The van der Waals surface area contributed by atoms with E-state index in [1.165, 1.54) is 5.56 Å². The molecule has 1 aromatic heterocycles. The Morgan fingerprint density at radius 3 is 2.07 bits per heavy atom. The molecule has 82 valence electrons. The number of aryl methyl sites for hydroxylation is 3. The minimum Gasteiger partial charge on any atom is -0.305 e. The third-order valence-corrected chi connectivity index (χ3v) is 2.52. The standard InChI is InChI=1S/C10H12N2O.C2H6/c1-5-4-6(2)8-9(7(5)3)12-10(13)11-8;1-2/h4H,1-3H3,(H2,11,12,13);1-2H3. The summed E-state index contributed by atoms with van der Waals surface area (Å²) < 4.78 is 0. The van der Waals surface area contributed by atoms with Gasteiger partial charge in [0.2, 0.25) is 0 Å². The zero-order valence-corrected chi connectivity index (χ0v) is 9.99. The number of fused-ring (bicyclic) bond motifs is 1. The number of aromatic amines is 2. The van der Waals surface area contributed by atoms with Crippen LogP contribution in [0.5, 0.6) is 0 Å². The highest BCUT2D eigenvalue weighted by molar-refractivity contribution is 5.82. The van der Waals surface area contributed by atoms with Gasteiger partial charge in [-0.05, 0) is 37.5 Å². The average Bonchev–Trinajstić information content (AvgIpc) is 2.61. The van der Waals surface area contributed by atoms with Gasteiger partial charge >= 0.3 is 5.69 Å². The summed E-state index contributed by atoms with van der Waals surface area (Å²) in [6, 6.07) is 2.08. The van der Waals surface area contributed by atoms with Gasteiger partial charge in [0.1, 0.15) is 0 Å². The Kier molecular flexibility index (Phi) is 3.35. The summed E-state index contributed by atoms with van der Waals surface area (Å²) in [5.74, 6) is 0. The van der Waals surface area contributed by atoms with Crippen LogP contribution in [0.25, 0.3) is 11.0 Å². The molecule has 1 heterocycles. The molecule has 0 saturated carbocycles. The van der Waals surface area contributed by atoms with Gasteiger partial charge in [-0.15, -0.1) is 0 Å². The molecule has 0 spiro atoms. The van der Waals surface area contributed by atoms with Crippen molar-refractivity contribution in [2.45, 2.75) is 34.6 Å². The van der Waals surface area contributed by atoms with E-state index in [1.807, 2.05) is 34.6 Å². The fourth-order valence-corrected chi connectivity index (χ4v) is 1.66. The lowest BCUT2D eigenvalue weighted by Gasteiger charge is -2.03. The van der Waals surface area contributed by atoms with Crippen molar-refractivity contribution in [2.75, 3.05) is 0 Å². The molecule has 0 radical (unpaired) electrons. The van der Waals surface area contributed by atoms with Crippen LogP contribution in [-0.4, -0.2) is 9.97 Å². The van der Waals surface area contributed by atoms with Crippen LogP contribution >= 0.6 is 0 Å². The summed E-state index contributed by atoms with van der Waals surface area (Å²) in [5.41, 5.74) is 5.18. The van der Waals surface area contributed by atoms with E-state index in [0.717, 1.165) is 22.2 Å². The van der Waals surface area contributed by atoms with Crippen LogP contribution < -0.4 is 5.69 Å². The molecule has 0 atom stereocenters. The summed E-state index contributed by atoms with van der Waals surface area (Å²) in [7, 11) is 0. The van der Waals surface area contributed by atoms with Gasteiger partial charge in [-0.1, -0.05) is 19.9 Å². The molecular weight excluding hydrogens is 188 g/mol. The molecule has 0 aliphatic rings. The van der Waals surface area contributed by atoms with Crippen LogP contribution in [0.15, 0.2) is 10.9 Å².